The molecular formula is C25H23N7O. The van der Waals surface area contributed by atoms with Gasteiger partial charge in [-0.15, -0.1) is 0 Å². The summed E-state index contributed by atoms with van der Waals surface area (Å²) in [6.45, 7) is 5.07. The first-order valence-electron chi connectivity index (χ1n) is 11.0. The minimum atomic E-state index is 0.691. The topological polar surface area (TPSA) is 73.4 Å². The van der Waals surface area contributed by atoms with Gasteiger partial charge >= 0.3 is 0 Å². The average Bonchev–Trinajstić information content (AvgIpc) is 3.53. The Morgan fingerprint density at radius 1 is 0.818 bits per heavy atom. The standard InChI is InChI=1S/C25H23N7O/c1-18-2-4-19(5-3-18)21-8-11-31(28-21)23-17-25(30-12-14-33-15-13-30)32-24(27-23)16-22(29-32)20-6-9-26-10-7-20/h2-11,16-17H,12-15H2,1H3. The summed E-state index contributed by atoms with van der Waals surface area (Å²) in [6.07, 6.45) is 5.51. The summed E-state index contributed by atoms with van der Waals surface area (Å²) >= 11 is 0. The Morgan fingerprint density at radius 2 is 1.58 bits per heavy atom. The van der Waals surface area contributed by atoms with Gasteiger partial charge in [-0.3, -0.25) is 4.98 Å². The lowest BCUT2D eigenvalue weighted by molar-refractivity contribution is 0.122. The molecule has 0 saturated carbocycles. The van der Waals surface area contributed by atoms with Gasteiger partial charge in [-0.05, 0) is 25.1 Å². The third-order valence-corrected chi connectivity index (χ3v) is 5.88. The first kappa shape index (κ1) is 19.6. The smallest absolute Gasteiger partial charge is 0.160 e. The van der Waals surface area contributed by atoms with Crippen molar-refractivity contribution < 1.29 is 4.74 Å². The van der Waals surface area contributed by atoms with E-state index in [1.165, 1.54) is 5.56 Å². The number of aryl methyl sites for hydroxylation is 1. The Kier molecular flexibility index (Phi) is 4.84. The van der Waals surface area contributed by atoms with Crippen molar-refractivity contribution in [3.63, 3.8) is 0 Å². The van der Waals surface area contributed by atoms with Gasteiger partial charge in [-0.25, -0.2) is 9.67 Å². The molecular weight excluding hydrogens is 414 g/mol. The lowest BCUT2D eigenvalue weighted by Crippen LogP contribution is -2.37. The van der Waals surface area contributed by atoms with Crippen LogP contribution in [0, 0.1) is 6.92 Å². The first-order valence-corrected chi connectivity index (χ1v) is 11.0. The van der Waals surface area contributed by atoms with Gasteiger partial charge in [0.05, 0.1) is 24.6 Å². The number of fused-ring (bicyclic) bond motifs is 1. The van der Waals surface area contributed by atoms with Crippen molar-refractivity contribution in [1.29, 1.82) is 0 Å². The van der Waals surface area contributed by atoms with Crippen molar-refractivity contribution in [3.8, 4) is 28.3 Å². The number of anilines is 1. The molecule has 0 amide bonds. The number of aromatic nitrogens is 6. The fourth-order valence-electron chi connectivity index (χ4n) is 4.07. The van der Waals surface area contributed by atoms with E-state index in [1.807, 2.05) is 45.7 Å². The molecule has 1 saturated heterocycles. The molecule has 0 spiro atoms. The van der Waals surface area contributed by atoms with Crippen molar-refractivity contribution in [2.24, 2.45) is 0 Å². The molecule has 0 radical (unpaired) electrons. The van der Waals surface area contributed by atoms with Crippen LogP contribution in [0.1, 0.15) is 5.56 Å². The lowest BCUT2D eigenvalue weighted by atomic mass is 10.1. The highest BCUT2D eigenvalue weighted by atomic mass is 16.5. The van der Waals surface area contributed by atoms with Crippen LogP contribution in [0.4, 0.5) is 5.82 Å². The SMILES string of the molecule is Cc1ccc(-c2ccn(-c3cc(N4CCOCC4)n4nc(-c5ccncc5)cc4n3)n2)cc1. The molecule has 1 aliphatic rings. The summed E-state index contributed by atoms with van der Waals surface area (Å²) < 4.78 is 9.32. The summed E-state index contributed by atoms with van der Waals surface area (Å²) in [4.78, 5) is 11.3. The van der Waals surface area contributed by atoms with Crippen molar-refractivity contribution in [2.75, 3.05) is 31.2 Å². The Labute approximate surface area is 191 Å². The van der Waals surface area contributed by atoms with Gasteiger partial charge in [0.15, 0.2) is 11.5 Å². The average molecular weight is 438 g/mol. The molecule has 4 aromatic heterocycles. The second-order valence-electron chi connectivity index (χ2n) is 8.12. The molecule has 8 nitrogen and oxygen atoms in total. The monoisotopic (exact) mass is 437 g/mol. The molecule has 1 aromatic carbocycles. The highest BCUT2D eigenvalue weighted by Gasteiger charge is 2.19. The zero-order valence-corrected chi connectivity index (χ0v) is 18.3. The van der Waals surface area contributed by atoms with Crippen LogP contribution in [-0.2, 0) is 4.74 Å². The molecule has 0 unspecified atom stereocenters. The molecule has 1 fully saturated rings. The Balaban J connectivity index is 1.46. The number of hydrogen-bond acceptors (Lipinski definition) is 6. The molecule has 33 heavy (non-hydrogen) atoms. The van der Waals surface area contributed by atoms with Crippen molar-refractivity contribution in [2.45, 2.75) is 6.92 Å². The largest absolute Gasteiger partial charge is 0.378 e. The molecule has 0 atom stereocenters. The maximum absolute atomic E-state index is 5.57. The second kappa shape index (κ2) is 8.14. The zero-order chi connectivity index (χ0) is 22.2. The molecule has 5 heterocycles. The number of morpholine rings is 1. The van der Waals surface area contributed by atoms with Gasteiger partial charge in [-0.2, -0.15) is 14.7 Å². The highest BCUT2D eigenvalue weighted by Crippen LogP contribution is 2.26. The molecule has 5 aromatic rings. The van der Waals surface area contributed by atoms with Crippen LogP contribution in [-0.4, -0.2) is 55.7 Å². The van der Waals surface area contributed by atoms with Gasteiger partial charge in [0.25, 0.3) is 0 Å². The fourth-order valence-corrected chi connectivity index (χ4v) is 4.07. The summed E-state index contributed by atoms with van der Waals surface area (Å²) in [5.74, 6) is 1.73. The number of benzene rings is 1. The maximum Gasteiger partial charge on any atom is 0.160 e. The van der Waals surface area contributed by atoms with Crippen LogP contribution in [0.15, 0.2) is 73.2 Å². The maximum atomic E-state index is 5.57. The van der Waals surface area contributed by atoms with Crippen molar-refractivity contribution >= 4 is 11.5 Å². The van der Waals surface area contributed by atoms with Crippen molar-refractivity contribution in [3.05, 3.63) is 78.8 Å². The molecule has 0 aliphatic carbocycles. The van der Waals surface area contributed by atoms with E-state index in [4.69, 9.17) is 19.9 Å². The number of nitrogens with zero attached hydrogens (tertiary/aromatic N) is 7. The zero-order valence-electron chi connectivity index (χ0n) is 18.3. The van der Waals surface area contributed by atoms with Gasteiger partial charge in [0, 0.05) is 54.9 Å². The summed E-state index contributed by atoms with van der Waals surface area (Å²) in [6, 6.07) is 18.4. The van der Waals surface area contributed by atoms with Crippen LogP contribution in [0.3, 0.4) is 0 Å². The predicted molar refractivity (Wildman–Crippen MR) is 127 cm³/mol. The number of ether oxygens (including phenoxy) is 1. The van der Waals surface area contributed by atoms with Gasteiger partial charge in [-0.1, -0.05) is 29.8 Å². The normalized spacial score (nSPS) is 14.2. The number of rotatable bonds is 4. The van der Waals surface area contributed by atoms with E-state index < -0.39 is 0 Å². The van der Waals surface area contributed by atoms with E-state index in [0.29, 0.717) is 13.2 Å². The quantitative estimate of drug-likeness (QED) is 0.426. The van der Waals surface area contributed by atoms with Gasteiger partial charge in [0.1, 0.15) is 5.82 Å². The van der Waals surface area contributed by atoms with E-state index in [9.17, 15) is 0 Å². The Hall–Kier alpha value is -4.04. The van der Waals surface area contributed by atoms with Crippen LogP contribution in [0.2, 0.25) is 0 Å². The fraction of sp³-hybridized carbons (Fsp3) is 0.200. The van der Waals surface area contributed by atoms with Gasteiger partial charge in [0.2, 0.25) is 0 Å². The highest BCUT2D eigenvalue weighted by molar-refractivity contribution is 5.67. The number of pyridine rings is 1. The number of hydrogen-bond donors (Lipinski definition) is 0. The molecule has 164 valence electrons. The molecule has 6 rings (SSSR count). The van der Waals surface area contributed by atoms with E-state index in [-0.39, 0.29) is 0 Å². The minimum Gasteiger partial charge on any atom is -0.378 e. The summed E-state index contributed by atoms with van der Waals surface area (Å²) in [5, 5.41) is 9.68. The third-order valence-electron chi connectivity index (χ3n) is 5.88. The molecule has 0 N–H and O–H groups in total. The van der Waals surface area contributed by atoms with Crippen LogP contribution in [0.25, 0.3) is 34.0 Å². The first-order chi connectivity index (χ1) is 16.2. The van der Waals surface area contributed by atoms with E-state index in [2.05, 4.69) is 41.1 Å². The summed E-state index contributed by atoms with van der Waals surface area (Å²) in [5.41, 5.74) is 5.86. The van der Waals surface area contributed by atoms with Crippen LogP contribution >= 0.6 is 0 Å². The molecule has 1 aliphatic heterocycles. The third kappa shape index (κ3) is 3.74. The van der Waals surface area contributed by atoms with Crippen LogP contribution in [0.5, 0.6) is 0 Å². The predicted octanol–water partition coefficient (Wildman–Crippen LogP) is 3.79. The Bertz CT molecular complexity index is 1400. The van der Waals surface area contributed by atoms with E-state index in [0.717, 1.165) is 52.9 Å². The van der Waals surface area contributed by atoms with E-state index in [1.54, 1.807) is 12.4 Å². The molecule has 0 bridgehead atoms. The van der Waals surface area contributed by atoms with Crippen LogP contribution < -0.4 is 4.90 Å². The Morgan fingerprint density at radius 3 is 2.36 bits per heavy atom. The summed E-state index contributed by atoms with van der Waals surface area (Å²) in [7, 11) is 0. The van der Waals surface area contributed by atoms with E-state index >= 15 is 0 Å². The molecule has 8 heteroatoms. The lowest BCUT2D eigenvalue weighted by Gasteiger charge is -2.29. The second-order valence-corrected chi connectivity index (χ2v) is 8.12. The van der Waals surface area contributed by atoms with Crippen molar-refractivity contribution in [1.82, 2.24) is 29.4 Å². The minimum absolute atomic E-state index is 0.691. The van der Waals surface area contributed by atoms with Gasteiger partial charge < -0.3 is 9.64 Å².